The Bertz CT molecular complexity index is 773. The second-order valence-electron chi connectivity index (χ2n) is 6.10. The Kier molecular flexibility index (Phi) is 6.22. The number of ether oxygens (including phenoxy) is 2. The first kappa shape index (κ1) is 19.3. The van der Waals surface area contributed by atoms with Crippen molar-refractivity contribution in [2.24, 2.45) is 5.92 Å². The number of rotatable bonds is 7. The van der Waals surface area contributed by atoms with E-state index < -0.39 is 11.9 Å². The van der Waals surface area contributed by atoms with E-state index in [0.29, 0.717) is 29.2 Å². The maximum atomic E-state index is 12.5. The quantitative estimate of drug-likeness (QED) is 0.792. The standard InChI is InChI=1S/C20H23NO5/c1-12(20(23)24)9-14-5-7-16(8-6-14)21-19(22)15-10-17(25-3)13(2)18(11-15)26-4/h5-8,10-12H,9H2,1-4H3,(H,21,22)(H,23,24). The lowest BCUT2D eigenvalue weighted by molar-refractivity contribution is -0.141. The maximum Gasteiger partial charge on any atom is 0.306 e. The van der Waals surface area contributed by atoms with Gasteiger partial charge in [0, 0.05) is 16.8 Å². The first-order valence-electron chi connectivity index (χ1n) is 8.21. The summed E-state index contributed by atoms with van der Waals surface area (Å²) in [5.74, 6) is -0.416. The van der Waals surface area contributed by atoms with Crippen LogP contribution in [0.2, 0.25) is 0 Å². The van der Waals surface area contributed by atoms with Gasteiger partial charge in [-0.15, -0.1) is 0 Å². The molecule has 0 aromatic heterocycles. The molecule has 0 saturated heterocycles. The fourth-order valence-electron chi connectivity index (χ4n) is 2.59. The van der Waals surface area contributed by atoms with Gasteiger partial charge in [-0.25, -0.2) is 0 Å². The molecule has 26 heavy (non-hydrogen) atoms. The SMILES string of the molecule is COc1cc(C(=O)Nc2ccc(CC(C)C(=O)O)cc2)cc(OC)c1C. The summed E-state index contributed by atoms with van der Waals surface area (Å²) < 4.78 is 10.6. The summed E-state index contributed by atoms with van der Waals surface area (Å²) in [4.78, 5) is 23.4. The van der Waals surface area contributed by atoms with Crippen LogP contribution in [0.1, 0.15) is 28.4 Å². The van der Waals surface area contributed by atoms with Gasteiger partial charge in [0.25, 0.3) is 5.91 Å². The molecule has 6 heteroatoms. The Balaban J connectivity index is 2.13. The monoisotopic (exact) mass is 357 g/mol. The van der Waals surface area contributed by atoms with Gasteiger partial charge in [0.2, 0.25) is 0 Å². The molecule has 0 fully saturated rings. The molecule has 2 aromatic carbocycles. The van der Waals surface area contributed by atoms with Gasteiger partial charge in [-0.3, -0.25) is 9.59 Å². The number of benzene rings is 2. The summed E-state index contributed by atoms with van der Waals surface area (Å²) in [7, 11) is 3.08. The van der Waals surface area contributed by atoms with Crippen molar-refractivity contribution < 1.29 is 24.2 Å². The Labute approximate surface area is 152 Å². The molecular weight excluding hydrogens is 334 g/mol. The summed E-state index contributed by atoms with van der Waals surface area (Å²) in [6.45, 7) is 3.52. The average molecular weight is 357 g/mol. The second-order valence-corrected chi connectivity index (χ2v) is 6.10. The summed E-state index contributed by atoms with van der Waals surface area (Å²) in [6, 6.07) is 10.5. The number of aliphatic carboxylic acids is 1. The van der Waals surface area contributed by atoms with Crippen LogP contribution in [0.4, 0.5) is 5.69 Å². The summed E-state index contributed by atoms with van der Waals surface area (Å²) in [6.07, 6.45) is 0.440. The molecule has 0 aliphatic carbocycles. The smallest absolute Gasteiger partial charge is 0.306 e. The van der Waals surface area contributed by atoms with E-state index in [4.69, 9.17) is 14.6 Å². The van der Waals surface area contributed by atoms with E-state index in [-0.39, 0.29) is 5.91 Å². The number of carboxylic acids is 1. The maximum absolute atomic E-state index is 12.5. The number of nitrogens with one attached hydrogen (secondary N) is 1. The van der Waals surface area contributed by atoms with E-state index in [1.165, 1.54) is 0 Å². The summed E-state index contributed by atoms with van der Waals surface area (Å²) in [5, 5.41) is 11.8. The molecule has 6 nitrogen and oxygen atoms in total. The molecule has 0 aliphatic rings. The first-order chi connectivity index (χ1) is 12.3. The number of carbonyl (C=O) groups is 2. The van der Waals surface area contributed by atoms with E-state index in [1.807, 2.05) is 19.1 Å². The van der Waals surface area contributed by atoms with E-state index in [9.17, 15) is 9.59 Å². The minimum Gasteiger partial charge on any atom is -0.496 e. The van der Waals surface area contributed by atoms with Gasteiger partial charge in [-0.05, 0) is 43.2 Å². The normalized spacial score (nSPS) is 11.5. The van der Waals surface area contributed by atoms with Gasteiger partial charge in [0.1, 0.15) is 11.5 Å². The van der Waals surface area contributed by atoms with Crippen LogP contribution in [0.3, 0.4) is 0 Å². The van der Waals surface area contributed by atoms with E-state index in [1.54, 1.807) is 45.4 Å². The third-order valence-corrected chi connectivity index (χ3v) is 4.19. The van der Waals surface area contributed by atoms with Crippen molar-refractivity contribution in [2.45, 2.75) is 20.3 Å². The predicted molar refractivity (Wildman–Crippen MR) is 99.2 cm³/mol. The minimum atomic E-state index is -0.829. The Morgan fingerprint density at radius 2 is 1.62 bits per heavy atom. The van der Waals surface area contributed by atoms with E-state index >= 15 is 0 Å². The van der Waals surface area contributed by atoms with Crippen molar-refractivity contribution in [1.29, 1.82) is 0 Å². The number of anilines is 1. The molecule has 1 atom stereocenters. The molecule has 1 amide bonds. The molecule has 0 aliphatic heterocycles. The summed E-state index contributed by atoms with van der Waals surface area (Å²) in [5.41, 5.74) is 2.77. The summed E-state index contributed by atoms with van der Waals surface area (Å²) >= 11 is 0. The first-order valence-corrected chi connectivity index (χ1v) is 8.21. The number of carboxylic acid groups (broad SMARTS) is 1. The Hall–Kier alpha value is -3.02. The highest BCUT2D eigenvalue weighted by atomic mass is 16.5. The highest BCUT2D eigenvalue weighted by molar-refractivity contribution is 6.05. The number of methoxy groups -OCH3 is 2. The van der Waals surface area contributed by atoms with Crippen LogP contribution in [0.15, 0.2) is 36.4 Å². The Morgan fingerprint density at radius 1 is 1.08 bits per heavy atom. The molecule has 0 heterocycles. The van der Waals surface area contributed by atoms with Crippen molar-refractivity contribution in [3.8, 4) is 11.5 Å². The lowest BCUT2D eigenvalue weighted by atomic mass is 10.0. The number of amides is 1. The van der Waals surface area contributed by atoms with Crippen molar-refractivity contribution in [2.75, 3.05) is 19.5 Å². The minimum absolute atomic E-state index is 0.284. The molecule has 138 valence electrons. The molecule has 0 bridgehead atoms. The molecule has 0 spiro atoms. The van der Waals surface area contributed by atoms with Gasteiger partial charge in [0.15, 0.2) is 0 Å². The molecule has 2 N–H and O–H groups in total. The third kappa shape index (κ3) is 4.53. The predicted octanol–water partition coefficient (Wildman–Crippen LogP) is 3.53. The molecule has 2 rings (SSSR count). The van der Waals surface area contributed by atoms with Crippen LogP contribution in [0.25, 0.3) is 0 Å². The molecule has 0 radical (unpaired) electrons. The topological polar surface area (TPSA) is 84.9 Å². The van der Waals surface area contributed by atoms with Crippen molar-refractivity contribution in [3.63, 3.8) is 0 Å². The van der Waals surface area contributed by atoms with Gasteiger partial charge in [0.05, 0.1) is 20.1 Å². The van der Waals surface area contributed by atoms with Gasteiger partial charge in [-0.1, -0.05) is 19.1 Å². The molecule has 0 saturated carbocycles. The second kappa shape index (κ2) is 8.38. The van der Waals surface area contributed by atoms with E-state index in [0.717, 1.165) is 11.1 Å². The molecule has 2 aromatic rings. The molecule has 1 unspecified atom stereocenters. The van der Waals surface area contributed by atoms with E-state index in [2.05, 4.69) is 5.32 Å². The van der Waals surface area contributed by atoms with Crippen molar-refractivity contribution >= 4 is 17.6 Å². The number of carbonyl (C=O) groups excluding carboxylic acids is 1. The zero-order valence-corrected chi connectivity index (χ0v) is 15.3. The number of hydrogen-bond acceptors (Lipinski definition) is 4. The van der Waals surface area contributed by atoms with Crippen LogP contribution in [0.5, 0.6) is 11.5 Å². The van der Waals surface area contributed by atoms with Crippen LogP contribution in [-0.2, 0) is 11.2 Å². The highest BCUT2D eigenvalue weighted by Gasteiger charge is 2.14. The molecular formula is C20H23NO5. The third-order valence-electron chi connectivity index (χ3n) is 4.19. The van der Waals surface area contributed by atoms with Crippen LogP contribution < -0.4 is 14.8 Å². The fraction of sp³-hybridized carbons (Fsp3) is 0.300. The lowest BCUT2D eigenvalue weighted by Gasteiger charge is -2.13. The fourth-order valence-corrected chi connectivity index (χ4v) is 2.59. The zero-order valence-electron chi connectivity index (χ0n) is 15.3. The van der Waals surface area contributed by atoms with Gasteiger partial charge < -0.3 is 19.9 Å². The van der Waals surface area contributed by atoms with Crippen LogP contribution in [0, 0.1) is 12.8 Å². The van der Waals surface area contributed by atoms with Crippen molar-refractivity contribution in [3.05, 3.63) is 53.1 Å². The van der Waals surface area contributed by atoms with Gasteiger partial charge >= 0.3 is 5.97 Å². The lowest BCUT2D eigenvalue weighted by Crippen LogP contribution is -2.13. The van der Waals surface area contributed by atoms with Crippen molar-refractivity contribution in [1.82, 2.24) is 0 Å². The largest absolute Gasteiger partial charge is 0.496 e. The Morgan fingerprint density at radius 3 is 2.08 bits per heavy atom. The van der Waals surface area contributed by atoms with Gasteiger partial charge in [-0.2, -0.15) is 0 Å². The zero-order chi connectivity index (χ0) is 19.3. The number of hydrogen-bond donors (Lipinski definition) is 2. The van der Waals surface area contributed by atoms with Crippen LogP contribution in [-0.4, -0.2) is 31.2 Å². The average Bonchev–Trinajstić information content (AvgIpc) is 2.63. The highest BCUT2D eigenvalue weighted by Crippen LogP contribution is 2.29. The van der Waals surface area contributed by atoms with Crippen LogP contribution >= 0.6 is 0 Å².